The summed E-state index contributed by atoms with van der Waals surface area (Å²) in [6.45, 7) is 2.82. The standard InChI is InChI=1S/C18H19N3O2/c1-2-9-20-15-8-7-13(12-19)10-16(15)21-18(23)11-14-5-3-4-6-17(14)22/h3-8,10,20,22H,2,9,11H2,1H3,(H,21,23). The Morgan fingerprint density at radius 3 is 2.70 bits per heavy atom. The van der Waals surface area contributed by atoms with Crippen LogP contribution in [0.15, 0.2) is 42.5 Å². The van der Waals surface area contributed by atoms with Crippen LogP contribution in [0.4, 0.5) is 11.4 Å². The van der Waals surface area contributed by atoms with Crippen molar-refractivity contribution in [3.8, 4) is 11.8 Å². The van der Waals surface area contributed by atoms with Crippen LogP contribution in [0.2, 0.25) is 0 Å². The summed E-state index contributed by atoms with van der Waals surface area (Å²) in [7, 11) is 0. The second-order valence-corrected chi connectivity index (χ2v) is 5.15. The summed E-state index contributed by atoms with van der Waals surface area (Å²) in [4.78, 5) is 12.2. The Kier molecular flexibility index (Phi) is 5.59. The van der Waals surface area contributed by atoms with E-state index in [1.54, 1.807) is 42.5 Å². The first-order valence-electron chi connectivity index (χ1n) is 7.48. The molecule has 0 atom stereocenters. The third-order valence-electron chi connectivity index (χ3n) is 3.33. The number of carbonyl (C=O) groups is 1. The molecule has 0 aliphatic heterocycles. The van der Waals surface area contributed by atoms with Crippen LogP contribution in [0, 0.1) is 11.3 Å². The Bertz CT molecular complexity index is 735. The maximum atomic E-state index is 12.2. The van der Waals surface area contributed by atoms with Gasteiger partial charge in [-0.1, -0.05) is 25.1 Å². The van der Waals surface area contributed by atoms with Gasteiger partial charge in [-0.25, -0.2) is 0 Å². The summed E-state index contributed by atoms with van der Waals surface area (Å²) in [5, 5.41) is 24.8. The highest BCUT2D eigenvalue weighted by Gasteiger charge is 2.10. The number of nitrogens with zero attached hydrogens (tertiary/aromatic N) is 1. The molecule has 0 unspecified atom stereocenters. The highest BCUT2D eigenvalue weighted by atomic mass is 16.3. The van der Waals surface area contributed by atoms with E-state index in [9.17, 15) is 9.90 Å². The Labute approximate surface area is 135 Å². The van der Waals surface area contributed by atoms with Crippen molar-refractivity contribution in [2.45, 2.75) is 19.8 Å². The molecule has 2 aromatic carbocycles. The predicted molar refractivity (Wildman–Crippen MR) is 90.4 cm³/mol. The number of anilines is 2. The summed E-state index contributed by atoms with van der Waals surface area (Å²) < 4.78 is 0. The Morgan fingerprint density at radius 1 is 1.22 bits per heavy atom. The van der Waals surface area contributed by atoms with E-state index < -0.39 is 0 Å². The molecule has 23 heavy (non-hydrogen) atoms. The van der Waals surface area contributed by atoms with Crippen molar-refractivity contribution in [1.82, 2.24) is 0 Å². The van der Waals surface area contributed by atoms with Crippen LogP contribution in [0.1, 0.15) is 24.5 Å². The highest BCUT2D eigenvalue weighted by molar-refractivity contribution is 5.96. The number of carbonyl (C=O) groups excluding carboxylic acids is 1. The lowest BCUT2D eigenvalue weighted by Gasteiger charge is -2.13. The second kappa shape index (κ2) is 7.85. The summed E-state index contributed by atoms with van der Waals surface area (Å²) in [5.74, 6) is -0.154. The van der Waals surface area contributed by atoms with Crippen molar-refractivity contribution in [2.75, 3.05) is 17.2 Å². The zero-order chi connectivity index (χ0) is 16.7. The number of rotatable bonds is 6. The van der Waals surface area contributed by atoms with Crippen LogP contribution < -0.4 is 10.6 Å². The number of benzene rings is 2. The van der Waals surface area contributed by atoms with Crippen LogP contribution in [-0.4, -0.2) is 17.6 Å². The molecule has 5 nitrogen and oxygen atoms in total. The molecular weight excluding hydrogens is 290 g/mol. The highest BCUT2D eigenvalue weighted by Crippen LogP contribution is 2.24. The predicted octanol–water partition coefficient (Wildman–Crippen LogP) is 3.27. The van der Waals surface area contributed by atoms with E-state index in [4.69, 9.17) is 5.26 Å². The van der Waals surface area contributed by atoms with Crippen molar-refractivity contribution < 1.29 is 9.90 Å². The first-order valence-corrected chi connectivity index (χ1v) is 7.48. The number of aromatic hydroxyl groups is 1. The minimum Gasteiger partial charge on any atom is -0.508 e. The van der Waals surface area contributed by atoms with Crippen molar-refractivity contribution >= 4 is 17.3 Å². The molecule has 0 fully saturated rings. The van der Waals surface area contributed by atoms with Gasteiger partial charge in [-0.15, -0.1) is 0 Å². The van der Waals surface area contributed by atoms with Crippen LogP contribution in [0.25, 0.3) is 0 Å². The molecule has 0 aliphatic carbocycles. The average molecular weight is 309 g/mol. The molecule has 118 valence electrons. The van der Waals surface area contributed by atoms with Gasteiger partial charge < -0.3 is 15.7 Å². The van der Waals surface area contributed by atoms with Gasteiger partial charge in [0.05, 0.1) is 29.4 Å². The molecule has 0 radical (unpaired) electrons. The molecular formula is C18H19N3O2. The summed E-state index contributed by atoms with van der Waals surface area (Å²) in [6.07, 6.45) is 1.02. The normalized spacial score (nSPS) is 9.91. The van der Waals surface area contributed by atoms with Crippen LogP contribution in [0.5, 0.6) is 5.75 Å². The molecule has 3 N–H and O–H groups in total. The first kappa shape index (κ1) is 16.4. The minimum atomic E-state index is -0.249. The van der Waals surface area contributed by atoms with E-state index in [1.165, 1.54) is 0 Å². The van der Waals surface area contributed by atoms with Gasteiger partial charge in [0.2, 0.25) is 5.91 Å². The first-order chi connectivity index (χ1) is 11.1. The van der Waals surface area contributed by atoms with Gasteiger partial charge in [0.25, 0.3) is 0 Å². The maximum Gasteiger partial charge on any atom is 0.228 e. The summed E-state index contributed by atoms with van der Waals surface area (Å²) in [5.41, 5.74) is 2.38. The zero-order valence-electron chi connectivity index (χ0n) is 13.0. The van der Waals surface area contributed by atoms with Gasteiger partial charge in [0.1, 0.15) is 5.75 Å². The van der Waals surface area contributed by atoms with E-state index in [-0.39, 0.29) is 18.1 Å². The number of phenols is 1. The average Bonchev–Trinajstić information content (AvgIpc) is 2.55. The fraction of sp³-hybridized carbons (Fsp3) is 0.222. The lowest BCUT2D eigenvalue weighted by Crippen LogP contribution is -2.16. The smallest absolute Gasteiger partial charge is 0.228 e. The zero-order valence-corrected chi connectivity index (χ0v) is 13.0. The fourth-order valence-electron chi connectivity index (χ4n) is 2.16. The molecule has 0 aliphatic rings. The number of hydrogen-bond acceptors (Lipinski definition) is 4. The van der Waals surface area contributed by atoms with Gasteiger partial charge in [-0.2, -0.15) is 5.26 Å². The van der Waals surface area contributed by atoms with Crippen molar-refractivity contribution in [3.05, 3.63) is 53.6 Å². The Hall–Kier alpha value is -3.00. The van der Waals surface area contributed by atoms with E-state index in [2.05, 4.69) is 16.7 Å². The molecule has 1 amide bonds. The maximum absolute atomic E-state index is 12.2. The second-order valence-electron chi connectivity index (χ2n) is 5.15. The van der Waals surface area contributed by atoms with Crippen molar-refractivity contribution in [3.63, 3.8) is 0 Å². The topological polar surface area (TPSA) is 85.2 Å². The number of hydrogen-bond donors (Lipinski definition) is 3. The summed E-state index contributed by atoms with van der Waals surface area (Å²) >= 11 is 0. The molecule has 0 saturated carbocycles. The van der Waals surface area contributed by atoms with E-state index in [0.29, 0.717) is 16.8 Å². The van der Waals surface area contributed by atoms with Crippen LogP contribution >= 0.6 is 0 Å². The molecule has 0 saturated heterocycles. The molecule has 2 rings (SSSR count). The van der Waals surface area contributed by atoms with Crippen molar-refractivity contribution in [1.29, 1.82) is 5.26 Å². The monoisotopic (exact) mass is 309 g/mol. The van der Waals surface area contributed by atoms with Gasteiger partial charge >= 0.3 is 0 Å². The molecule has 2 aromatic rings. The van der Waals surface area contributed by atoms with E-state index >= 15 is 0 Å². The van der Waals surface area contributed by atoms with Gasteiger partial charge in [0, 0.05) is 12.1 Å². The Morgan fingerprint density at radius 2 is 2.00 bits per heavy atom. The lowest BCUT2D eigenvalue weighted by molar-refractivity contribution is -0.115. The molecule has 0 bridgehead atoms. The molecule has 0 aromatic heterocycles. The SMILES string of the molecule is CCCNc1ccc(C#N)cc1NC(=O)Cc1ccccc1O. The third-order valence-corrected chi connectivity index (χ3v) is 3.33. The largest absolute Gasteiger partial charge is 0.508 e. The summed E-state index contributed by atoms with van der Waals surface area (Å²) in [6, 6.07) is 13.9. The van der Waals surface area contributed by atoms with E-state index in [1.807, 2.05) is 6.92 Å². The van der Waals surface area contributed by atoms with Crippen LogP contribution in [-0.2, 0) is 11.2 Å². The number of para-hydroxylation sites is 1. The molecule has 0 heterocycles. The Balaban J connectivity index is 2.15. The van der Waals surface area contributed by atoms with Gasteiger partial charge in [-0.3, -0.25) is 4.79 Å². The molecule has 0 spiro atoms. The number of phenolic OH excluding ortho intramolecular Hbond substituents is 1. The number of amides is 1. The molecule has 5 heteroatoms. The number of nitrogens with one attached hydrogen (secondary N) is 2. The van der Waals surface area contributed by atoms with E-state index in [0.717, 1.165) is 18.7 Å². The number of nitriles is 1. The van der Waals surface area contributed by atoms with Gasteiger partial charge in [0.15, 0.2) is 0 Å². The fourth-order valence-corrected chi connectivity index (χ4v) is 2.16. The van der Waals surface area contributed by atoms with Gasteiger partial charge in [-0.05, 0) is 30.7 Å². The minimum absolute atomic E-state index is 0.0661. The van der Waals surface area contributed by atoms with Crippen LogP contribution in [0.3, 0.4) is 0 Å². The third kappa shape index (κ3) is 4.48. The quantitative estimate of drug-likeness (QED) is 0.764. The van der Waals surface area contributed by atoms with Crippen molar-refractivity contribution in [2.24, 2.45) is 0 Å². The lowest BCUT2D eigenvalue weighted by atomic mass is 10.1.